The highest BCUT2D eigenvalue weighted by atomic mass is 32.2. The van der Waals surface area contributed by atoms with Gasteiger partial charge >= 0.3 is 0 Å². The van der Waals surface area contributed by atoms with Crippen LogP contribution in [-0.4, -0.2) is 55.5 Å². The van der Waals surface area contributed by atoms with E-state index in [2.05, 4.69) is 4.99 Å². The second-order valence-corrected chi connectivity index (χ2v) is 10.4. The minimum absolute atomic E-state index is 0.0365. The van der Waals surface area contributed by atoms with Gasteiger partial charge in [-0.05, 0) is 25.0 Å². The molecule has 3 heterocycles. The van der Waals surface area contributed by atoms with E-state index in [1.807, 2.05) is 23.1 Å². The number of amidine groups is 1. The van der Waals surface area contributed by atoms with Gasteiger partial charge in [0, 0.05) is 22.9 Å². The predicted octanol–water partition coefficient (Wildman–Crippen LogP) is 1.47. The van der Waals surface area contributed by atoms with Gasteiger partial charge in [-0.3, -0.25) is 4.79 Å². The molecule has 4 aliphatic rings. The van der Waals surface area contributed by atoms with E-state index >= 15 is 0 Å². The number of fused-ring (bicyclic) bond motifs is 2. The van der Waals surface area contributed by atoms with Crippen LogP contribution in [0.15, 0.2) is 23.2 Å². The number of aliphatic imine (C=N–C) groups is 1. The summed E-state index contributed by atoms with van der Waals surface area (Å²) in [6.07, 6.45) is 1.79. The second-order valence-electron chi connectivity index (χ2n) is 7.01. The zero-order valence-corrected chi connectivity index (χ0v) is 15.6. The molecule has 0 bridgehead atoms. The molecule has 0 unspecified atom stereocenters. The summed E-state index contributed by atoms with van der Waals surface area (Å²) in [5.41, 5.74) is 0.786. The van der Waals surface area contributed by atoms with Crippen LogP contribution in [-0.2, 0) is 14.6 Å². The first-order valence-electron chi connectivity index (χ1n) is 8.69. The van der Waals surface area contributed by atoms with Crippen LogP contribution in [0.2, 0.25) is 0 Å². The number of amides is 1. The zero-order valence-electron chi connectivity index (χ0n) is 14.0. The van der Waals surface area contributed by atoms with Gasteiger partial charge in [-0.25, -0.2) is 8.42 Å². The van der Waals surface area contributed by atoms with Crippen LogP contribution in [0.5, 0.6) is 11.5 Å². The number of carbonyl (C=O) groups is 1. The fraction of sp³-hybridized carbons (Fsp3) is 0.529. The molecule has 5 rings (SSSR count). The molecule has 138 valence electrons. The van der Waals surface area contributed by atoms with Crippen LogP contribution in [0.25, 0.3) is 0 Å². The Balaban J connectivity index is 1.54. The maximum absolute atomic E-state index is 12.2. The molecule has 0 aromatic heterocycles. The summed E-state index contributed by atoms with van der Waals surface area (Å²) < 4.78 is 35.4. The van der Waals surface area contributed by atoms with Crippen molar-refractivity contribution in [2.24, 2.45) is 10.9 Å². The third kappa shape index (κ3) is 2.87. The van der Waals surface area contributed by atoms with Gasteiger partial charge in [0.2, 0.25) is 0 Å². The van der Waals surface area contributed by atoms with Gasteiger partial charge in [0.1, 0.15) is 13.2 Å². The molecular weight excluding hydrogens is 376 g/mol. The summed E-state index contributed by atoms with van der Waals surface area (Å²) in [7, 11) is -3.08. The second kappa shape index (κ2) is 5.88. The standard InChI is InChI=1S/C17H18N2O5S2/c20-16(10-1-2-10)18-17-19(12-8-26(21,22)9-15(12)25-17)11-3-4-13-14(7-11)24-6-5-23-13/h3-4,7,10,12,15H,1-2,5-6,8-9H2/t12-,15-/m0/s1. The molecular formula is C17H18N2O5S2. The maximum atomic E-state index is 12.2. The van der Waals surface area contributed by atoms with Crippen molar-refractivity contribution in [3.63, 3.8) is 0 Å². The lowest BCUT2D eigenvalue weighted by Crippen LogP contribution is -2.37. The Kier molecular flexibility index (Phi) is 3.72. The fourth-order valence-corrected chi connectivity index (χ4v) is 7.48. The highest BCUT2D eigenvalue weighted by molar-refractivity contribution is 8.16. The number of hydrogen-bond acceptors (Lipinski definition) is 6. The number of hydrogen-bond donors (Lipinski definition) is 0. The Morgan fingerprint density at radius 3 is 2.69 bits per heavy atom. The van der Waals surface area contributed by atoms with E-state index in [4.69, 9.17) is 9.47 Å². The largest absolute Gasteiger partial charge is 0.486 e. The topological polar surface area (TPSA) is 85.3 Å². The normalized spacial score (nSPS) is 30.5. The van der Waals surface area contributed by atoms with Gasteiger partial charge in [0.25, 0.3) is 5.91 Å². The van der Waals surface area contributed by atoms with Gasteiger partial charge in [-0.2, -0.15) is 4.99 Å². The van der Waals surface area contributed by atoms with Crippen molar-refractivity contribution < 1.29 is 22.7 Å². The van der Waals surface area contributed by atoms with E-state index in [1.165, 1.54) is 11.8 Å². The summed E-state index contributed by atoms with van der Waals surface area (Å²) in [6.45, 7) is 0.990. The van der Waals surface area contributed by atoms with Crippen LogP contribution in [0.1, 0.15) is 12.8 Å². The first-order valence-corrected chi connectivity index (χ1v) is 11.4. The average Bonchev–Trinajstić information content (AvgIpc) is 3.35. The van der Waals surface area contributed by atoms with E-state index in [0.717, 1.165) is 18.5 Å². The molecule has 3 fully saturated rings. The van der Waals surface area contributed by atoms with Gasteiger partial charge in [-0.15, -0.1) is 0 Å². The molecule has 7 nitrogen and oxygen atoms in total. The SMILES string of the molecule is O=C(N=C1S[C@H]2CS(=O)(=O)C[C@@H]2N1c1ccc2c(c1)OCCO2)C1CC1. The number of anilines is 1. The molecule has 0 radical (unpaired) electrons. The van der Waals surface area contributed by atoms with Crippen molar-refractivity contribution in [2.75, 3.05) is 29.6 Å². The molecule has 2 atom stereocenters. The Morgan fingerprint density at radius 1 is 1.15 bits per heavy atom. The monoisotopic (exact) mass is 394 g/mol. The third-order valence-electron chi connectivity index (χ3n) is 5.00. The molecule has 1 aromatic carbocycles. The predicted molar refractivity (Wildman–Crippen MR) is 98.9 cm³/mol. The molecule has 1 amide bonds. The Bertz CT molecular complexity index is 910. The van der Waals surface area contributed by atoms with Crippen LogP contribution in [0.4, 0.5) is 5.69 Å². The van der Waals surface area contributed by atoms with Crippen LogP contribution in [0, 0.1) is 5.92 Å². The molecule has 1 aromatic rings. The molecule has 26 heavy (non-hydrogen) atoms. The Hall–Kier alpha value is -1.74. The molecule has 1 aliphatic carbocycles. The molecule has 0 spiro atoms. The third-order valence-corrected chi connectivity index (χ3v) is 8.21. The lowest BCUT2D eigenvalue weighted by molar-refractivity contribution is -0.118. The first kappa shape index (κ1) is 16.4. The maximum Gasteiger partial charge on any atom is 0.251 e. The molecule has 1 saturated carbocycles. The summed E-state index contributed by atoms with van der Waals surface area (Å²) in [5.74, 6) is 1.45. The minimum atomic E-state index is -3.08. The minimum Gasteiger partial charge on any atom is -0.486 e. The van der Waals surface area contributed by atoms with Crippen LogP contribution in [0.3, 0.4) is 0 Å². The number of carbonyl (C=O) groups excluding carboxylic acids is 1. The smallest absolute Gasteiger partial charge is 0.251 e. The fourth-order valence-electron chi connectivity index (χ4n) is 3.56. The van der Waals surface area contributed by atoms with Crippen molar-refractivity contribution in [2.45, 2.75) is 24.1 Å². The lowest BCUT2D eigenvalue weighted by Gasteiger charge is -2.26. The molecule has 3 aliphatic heterocycles. The van der Waals surface area contributed by atoms with Gasteiger partial charge in [-0.1, -0.05) is 11.8 Å². The summed E-state index contributed by atoms with van der Waals surface area (Å²) in [4.78, 5) is 18.5. The Morgan fingerprint density at radius 2 is 1.92 bits per heavy atom. The van der Waals surface area contributed by atoms with Crippen molar-refractivity contribution in [3.05, 3.63) is 18.2 Å². The Labute approximate surface area is 155 Å². The molecule has 2 saturated heterocycles. The van der Waals surface area contributed by atoms with Crippen molar-refractivity contribution in [1.29, 1.82) is 0 Å². The lowest BCUT2D eigenvalue weighted by atomic mass is 10.2. The average molecular weight is 394 g/mol. The quantitative estimate of drug-likeness (QED) is 0.751. The van der Waals surface area contributed by atoms with E-state index in [1.54, 1.807) is 0 Å². The number of sulfone groups is 1. The van der Waals surface area contributed by atoms with E-state index in [-0.39, 0.29) is 34.6 Å². The van der Waals surface area contributed by atoms with Crippen molar-refractivity contribution >= 4 is 38.4 Å². The van der Waals surface area contributed by atoms with Gasteiger partial charge in [0.15, 0.2) is 26.5 Å². The number of thioether (sulfide) groups is 1. The molecule has 0 N–H and O–H groups in total. The number of rotatable bonds is 2. The first-order chi connectivity index (χ1) is 12.5. The molecule has 9 heteroatoms. The van der Waals surface area contributed by atoms with Crippen molar-refractivity contribution in [1.82, 2.24) is 0 Å². The number of ether oxygens (including phenoxy) is 2. The number of nitrogens with zero attached hydrogens (tertiary/aromatic N) is 2. The highest BCUT2D eigenvalue weighted by Gasteiger charge is 2.49. The summed E-state index contributed by atoms with van der Waals surface area (Å²) in [6, 6.07) is 5.34. The van der Waals surface area contributed by atoms with Gasteiger partial charge in [0.05, 0.1) is 17.5 Å². The van der Waals surface area contributed by atoms with Crippen molar-refractivity contribution in [3.8, 4) is 11.5 Å². The van der Waals surface area contributed by atoms with Crippen LogP contribution >= 0.6 is 11.8 Å². The summed E-state index contributed by atoms with van der Waals surface area (Å²) in [5, 5.41) is 0.502. The summed E-state index contributed by atoms with van der Waals surface area (Å²) >= 11 is 1.40. The zero-order chi connectivity index (χ0) is 17.9. The van der Waals surface area contributed by atoms with E-state index < -0.39 is 9.84 Å². The van der Waals surface area contributed by atoms with E-state index in [9.17, 15) is 13.2 Å². The van der Waals surface area contributed by atoms with Gasteiger partial charge < -0.3 is 14.4 Å². The van der Waals surface area contributed by atoms with Crippen LogP contribution < -0.4 is 14.4 Å². The van der Waals surface area contributed by atoms with E-state index in [0.29, 0.717) is 29.9 Å². The highest BCUT2D eigenvalue weighted by Crippen LogP contribution is 2.44. The number of benzene rings is 1.